The second kappa shape index (κ2) is 10.3. The van der Waals surface area contributed by atoms with E-state index in [1.807, 2.05) is 26.0 Å². The Kier molecular flexibility index (Phi) is 8.78. The molecule has 1 rings (SSSR count). The Balaban J connectivity index is 2.47. The number of nitrogens with one attached hydrogen (secondary N) is 2. The van der Waals surface area contributed by atoms with Crippen molar-refractivity contribution in [3.63, 3.8) is 0 Å². The van der Waals surface area contributed by atoms with Crippen LogP contribution in [0.1, 0.15) is 27.2 Å². The van der Waals surface area contributed by atoms with Crippen LogP contribution in [0.3, 0.4) is 0 Å². The van der Waals surface area contributed by atoms with E-state index in [9.17, 15) is 14.4 Å². The summed E-state index contributed by atoms with van der Waals surface area (Å²) < 4.78 is 0. The van der Waals surface area contributed by atoms with E-state index in [0.717, 1.165) is 4.90 Å². The summed E-state index contributed by atoms with van der Waals surface area (Å²) in [5.74, 6) is -1.81. The maximum Gasteiger partial charge on any atom is 0.326 e. The molecule has 0 aliphatic rings. The number of amides is 2. The van der Waals surface area contributed by atoms with Crippen LogP contribution in [-0.2, 0) is 14.4 Å². The van der Waals surface area contributed by atoms with Gasteiger partial charge in [0.25, 0.3) is 0 Å². The Morgan fingerprint density at radius 2 is 1.84 bits per heavy atom. The van der Waals surface area contributed by atoms with Gasteiger partial charge in [0.1, 0.15) is 6.04 Å². The zero-order chi connectivity index (χ0) is 19.0. The van der Waals surface area contributed by atoms with E-state index in [2.05, 4.69) is 10.6 Å². The molecule has 1 unspecified atom stereocenters. The molecule has 138 valence electrons. The molecule has 6 nitrogen and oxygen atoms in total. The molecule has 2 atom stereocenters. The summed E-state index contributed by atoms with van der Waals surface area (Å²) in [6, 6.07) is 6.22. The number of hydrogen-bond donors (Lipinski definition) is 3. The molecule has 0 saturated heterocycles. The third-order valence-electron chi connectivity index (χ3n) is 3.27. The fourth-order valence-electron chi connectivity index (χ4n) is 2.03. The molecule has 0 spiro atoms. The lowest BCUT2D eigenvalue weighted by Gasteiger charge is -2.17. The zero-order valence-corrected chi connectivity index (χ0v) is 16.0. The SMILES string of the molecule is CC(C)C[C@H](NC(=O)CNC(=O)C(C)Sc1ccccc1Cl)C(=O)O. The zero-order valence-electron chi connectivity index (χ0n) is 14.4. The first-order valence-corrected chi connectivity index (χ1v) is 9.17. The summed E-state index contributed by atoms with van der Waals surface area (Å²) >= 11 is 7.34. The number of benzene rings is 1. The van der Waals surface area contributed by atoms with Crippen LogP contribution in [0.5, 0.6) is 0 Å². The predicted molar refractivity (Wildman–Crippen MR) is 98.8 cm³/mol. The summed E-state index contributed by atoms with van der Waals surface area (Å²) in [7, 11) is 0. The van der Waals surface area contributed by atoms with Crippen molar-refractivity contribution in [2.45, 2.75) is 43.4 Å². The first kappa shape index (κ1) is 21.3. The first-order chi connectivity index (χ1) is 11.7. The Bertz CT molecular complexity index is 624. The van der Waals surface area contributed by atoms with Gasteiger partial charge in [-0.2, -0.15) is 0 Å². The number of halogens is 1. The lowest BCUT2D eigenvalue weighted by molar-refractivity contribution is -0.142. The third kappa shape index (κ3) is 7.79. The quantitative estimate of drug-likeness (QED) is 0.567. The Hall–Kier alpha value is -1.73. The van der Waals surface area contributed by atoms with Crippen LogP contribution in [0.4, 0.5) is 0 Å². The average Bonchev–Trinajstić information content (AvgIpc) is 2.53. The largest absolute Gasteiger partial charge is 0.480 e. The smallest absolute Gasteiger partial charge is 0.326 e. The molecule has 0 fully saturated rings. The van der Waals surface area contributed by atoms with Crippen molar-refractivity contribution >= 4 is 41.1 Å². The van der Waals surface area contributed by atoms with Crippen LogP contribution in [0.15, 0.2) is 29.2 Å². The standard InChI is InChI=1S/C17H23ClN2O4S/c1-10(2)8-13(17(23)24)20-15(21)9-19-16(22)11(3)25-14-7-5-4-6-12(14)18/h4-7,10-11,13H,8-9H2,1-3H3,(H,19,22)(H,20,21)(H,23,24)/t11?,13-/m0/s1. The molecule has 8 heteroatoms. The molecule has 0 heterocycles. The van der Waals surface area contributed by atoms with Gasteiger partial charge in [-0.3, -0.25) is 9.59 Å². The van der Waals surface area contributed by atoms with Gasteiger partial charge in [0.05, 0.1) is 16.8 Å². The van der Waals surface area contributed by atoms with Gasteiger partial charge in [-0.05, 0) is 31.4 Å². The van der Waals surface area contributed by atoms with Crippen molar-refractivity contribution in [1.82, 2.24) is 10.6 Å². The number of carbonyl (C=O) groups is 3. The summed E-state index contributed by atoms with van der Waals surface area (Å²) in [6.45, 7) is 5.18. The van der Waals surface area contributed by atoms with E-state index in [1.165, 1.54) is 11.8 Å². The Morgan fingerprint density at radius 1 is 1.20 bits per heavy atom. The van der Waals surface area contributed by atoms with Gasteiger partial charge in [0.2, 0.25) is 11.8 Å². The van der Waals surface area contributed by atoms with E-state index < -0.39 is 23.2 Å². The van der Waals surface area contributed by atoms with Gasteiger partial charge in [0, 0.05) is 4.90 Å². The number of thioether (sulfide) groups is 1. The van der Waals surface area contributed by atoms with Gasteiger partial charge in [0.15, 0.2) is 0 Å². The fourth-order valence-corrected chi connectivity index (χ4v) is 3.21. The van der Waals surface area contributed by atoms with E-state index >= 15 is 0 Å². The summed E-state index contributed by atoms with van der Waals surface area (Å²) in [5.41, 5.74) is 0. The first-order valence-electron chi connectivity index (χ1n) is 7.91. The molecule has 25 heavy (non-hydrogen) atoms. The lowest BCUT2D eigenvalue weighted by atomic mass is 10.0. The minimum atomic E-state index is -1.09. The molecule has 0 aromatic heterocycles. The van der Waals surface area contributed by atoms with Crippen LogP contribution < -0.4 is 10.6 Å². The molecule has 1 aromatic carbocycles. The molecule has 2 amide bonds. The minimum Gasteiger partial charge on any atom is -0.480 e. The molecule has 0 aliphatic heterocycles. The monoisotopic (exact) mass is 386 g/mol. The third-order valence-corrected chi connectivity index (χ3v) is 4.89. The van der Waals surface area contributed by atoms with Crippen molar-refractivity contribution in [2.24, 2.45) is 5.92 Å². The molecule has 0 bridgehead atoms. The van der Waals surface area contributed by atoms with Crippen molar-refractivity contribution in [3.8, 4) is 0 Å². The Labute approximate surface area is 156 Å². The number of carboxylic acid groups (broad SMARTS) is 1. The summed E-state index contributed by atoms with van der Waals surface area (Å²) in [4.78, 5) is 35.9. The van der Waals surface area contributed by atoms with Crippen LogP contribution in [0.2, 0.25) is 5.02 Å². The second-order valence-electron chi connectivity index (χ2n) is 6.00. The maximum atomic E-state index is 12.1. The normalized spacial score (nSPS) is 13.2. The van der Waals surface area contributed by atoms with E-state index in [1.54, 1.807) is 19.1 Å². The fraction of sp³-hybridized carbons (Fsp3) is 0.471. The van der Waals surface area contributed by atoms with Gasteiger partial charge >= 0.3 is 5.97 Å². The van der Waals surface area contributed by atoms with E-state index in [0.29, 0.717) is 11.4 Å². The highest BCUT2D eigenvalue weighted by molar-refractivity contribution is 8.00. The summed E-state index contributed by atoms with van der Waals surface area (Å²) in [5, 5.41) is 14.2. The second-order valence-corrected chi connectivity index (χ2v) is 7.79. The van der Waals surface area contributed by atoms with Gasteiger partial charge in [-0.25, -0.2) is 4.79 Å². The highest BCUT2D eigenvalue weighted by Crippen LogP contribution is 2.29. The van der Waals surface area contributed by atoms with Crippen LogP contribution in [0, 0.1) is 5.92 Å². The number of carbonyl (C=O) groups excluding carboxylic acids is 2. The topological polar surface area (TPSA) is 95.5 Å². The lowest BCUT2D eigenvalue weighted by Crippen LogP contribution is -2.47. The molecule has 1 aromatic rings. The highest BCUT2D eigenvalue weighted by Gasteiger charge is 2.22. The maximum absolute atomic E-state index is 12.1. The highest BCUT2D eigenvalue weighted by atomic mass is 35.5. The van der Waals surface area contributed by atoms with Crippen molar-refractivity contribution in [3.05, 3.63) is 29.3 Å². The van der Waals surface area contributed by atoms with Crippen molar-refractivity contribution in [1.29, 1.82) is 0 Å². The molecule has 0 saturated carbocycles. The van der Waals surface area contributed by atoms with Gasteiger partial charge in [-0.1, -0.05) is 37.6 Å². The van der Waals surface area contributed by atoms with Gasteiger partial charge in [-0.15, -0.1) is 11.8 Å². The minimum absolute atomic E-state index is 0.128. The summed E-state index contributed by atoms with van der Waals surface area (Å²) in [6.07, 6.45) is 0.327. The van der Waals surface area contributed by atoms with Crippen LogP contribution in [0.25, 0.3) is 0 Å². The van der Waals surface area contributed by atoms with Crippen LogP contribution >= 0.6 is 23.4 Å². The number of rotatable bonds is 9. The van der Waals surface area contributed by atoms with Crippen molar-refractivity contribution < 1.29 is 19.5 Å². The molecule has 3 N–H and O–H groups in total. The number of carboxylic acids is 1. The van der Waals surface area contributed by atoms with E-state index in [-0.39, 0.29) is 18.4 Å². The van der Waals surface area contributed by atoms with Crippen molar-refractivity contribution in [2.75, 3.05) is 6.54 Å². The molecule has 0 radical (unpaired) electrons. The predicted octanol–water partition coefficient (Wildman–Crippen LogP) is 2.55. The number of aliphatic carboxylic acids is 1. The van der Waals surface area contributed by atoms with Crippen LogP contribution in [-0.4, -0.2) is 40.7 Å². The molecular weight excluding hydrogens is 364 g/mol. The average molecular weight is 387 g/mol. The van der Waals surface area contributed by atoms with E-state index in [4.69, 9.17) is 16.7 Å². The van der Waals surface area contributed by atoms with Gasteiger partial charge < -0.3 is 15.7 Å². The molecular formula is C17H23ClN2O4S. The number of hydrogen-bond acceptors (Lipinski definition) is 4. The molecule has 0 aliphatic carbocycles. The Morgan fingerprint density at radius 3 is 2.40 bits per heavy atom.